The third-order valence-electron chi connectivity index (χ3n) is 4.25. The Hall–Kier alpha value is -2.08. The summed E-state index contributed by atoms with van der Waals surface area (Å²) in [6.45, 7) is 2.42. The summed E-state index contributed by atoms with van der Waals surface area (Å²) in [6.07, 6.45) is 3.34. The lowest BCUT2D eigenvalue weighted by molar-refractivity contribution is -0.133. The van der Waals surface area contributed by atoms with Gasteiger partial charge in [-0.05, 0) is 49.6 Å². The molecule has 2 heterocycles. The molecule has 24 heavy (non-hydrogen) atoms. The molecule has 5 nitrogen and oxygen atoms in total. The van der Waals surface area contributed by atoms with Crippen LogP contribution in [-0.4, -0.2) is 29.3 Å². The summed E-state index contributed by atoms with van der Waals surface area (Å²) in [7, 11) is 0. The average Bonchev–Trinajstić information content (AvgIpc) is 3.26. The van der Waals surface area contributed by atoms with Gasteiger partial charge in [-0.3, -0.25) is 9.59 Å². The van der Waals surface area contributed by atoms with Crippen molar-refractivity contribution in [2.45, 2.75) is 31.8 Å². The average molecular weight is 391 g/mol. The molecule has 1 aliphatic heterocycles. The van der Waals surface area contributed by atoms with Crippen LogP contribution < -0.4 is 5.32 Å². The van der Waals surface area contributed by atoms with Crippen LogP contribution in [0.15, 0.2) is 51.6 Å². The van der Waals surface area contributed by atoms with Gasteiger partial charge >= 0.3 is 0 Å². The van der Waals surface area contributed by atoms with Crippen LogP contribution in [0.2, 0.25) is 0 Å². The number of benzene rings is 1. The number of amides is 2. The van der Waals surface area contributed by atoms with Gasteiger partial charge in [0.25, 0.3) is 5.91 Å². The van der Waals surface area contributed by atoms with Gasteiger partial charge in [0.05, 0.1) is 12.3 Å². The molecule has 1 aliphatic rings. The fourth-order valence-electron chi connectivity index (χ4n) is 3.05. The first-order valence-corrected chi connectivity index (χ1v) is 8.76. The van der Waals surface area contributed by atoms with Gasteiger partial charge in [0.2, 0.25) is 5.91 Å². The maximum absolute atomic E-state index is 12.8. The highest BCUT2D eigenvalue weighted by Gasteiger charge is 2.33. The Balaban J connectivity index is 1.68. The van der Waals surface area contributed by atoms with E-state index in [-0.39, 0.29) is 23.6 Å². The molecule has 0 bridgehead atoms. The zero-order chi connectivity index (χ0) is 17.1. The van der Waals surface area contributed by atoms with E-state index in [0.717, 1.165) is 22.9 Å². The Morgan fingerprint density at radius 1 is 1.29 bits per heavy atom. The number of nitrogens with one attached hydrogen (secondary N) is 1. The fraction of sp³-hybridized carbons (Fsp3) is 0.333. The van der Waals surface area contributed by atoms with E-state index in [1.807, 2.05) is 29.2 Å². The van der Waals surface area contributed by atoms with Gasteiger partial charge in [-0.2, -0.15) is 0 Å². The number of likely N-dealkylation sites (tertiary alicyclic amines) is 1. The zero-order valence-corrected chi connectivity index (χ0v) is 15.0. The maximum Gasteiger partial charge on any atom is 0.287 e. The van der Waals surface area contributed by atoms with Gasteiger partial charge in [-0.15, -0.1) is 0 Å². The minimum Gasteiger partial charge on any atom is -0.459 e. The van der Waals surface area contributed by atoms with Crippen LogP contribution in [0.1, 0.15) is 41.9 Å². The van der Waals surface area contributed by atoms with E-state index in [9.17, 15) is 9.59 Å². The van der Waals surface area contributed by atoms with Crippen LogP contribution in [0.5, 0.6) is 0 Å². The fourth-order valence-corrected chi connectivity index (χ4v) is 3.31. The van der Waals surface area contributed by atoms with Gasteiger partial charge in [0.1, 0.15) is 6.04 Å². The van der Waals surface area contributed by atoms with Crippen LogP contribution in [0, 0.1) is 0 Å². The van der Waals surface area contributed by atoms with Crippen molar-refractivity contribution in [3.63, 3.8) is 0 Å². The standard InChI is InChI=1S/C18H19BrN2O3/c1-12(20-17(22)16-5-3-11-24-16)18(23)21-10-2-4-15(21)13-6-8-14(19)9-7-13/h3,5-9,11-12,15H,2,4,10H2,1H3,(H,20,22)/t12-,15+/m0/s1. The first-order chi connectivity index (χ1) is 11.6. The molecule has 6 heteroatoms. The van der Waals surface area contributed by atoms with Crippen molar-refractivity contribution < 1.29 is 14.0 Å². The number of halogens is 1. The molecule has 1 aromatic heterocycles. The van der Waals surface area contributed by atoms with Crippen LogP contribution in [-0.2, 0) is 4.79 Å². The van der Waals surface area contributed by atoms with E-state index >= 15 is 0 Å². The van der Waals surface area contributed by atoms with E-state index in [0.29, 0.717) is 6.54 Å². The topological polar surface area (TPSA) is 62.6 Å². The largest absolute Gasteiger partial charge is 0.459 e. The second-order valence-electron chi connectivity index (χ2n) is 5.91. The second kappa shape index (κ2) is 7.21. The summed E-state index contributed by atoms with van der Waals surface area (Å²) in [6, 6.07) is 10.7. The van der Waals surface area contributed by atoms with Crippen molar-refractivity contribution in [1.82, 2.24) is 10.2 Å². The van der Waals surface area contributed by atoms with Crippen molar-refractivity contribution in [2.75, 3.05) is 6.54 Å². The lowest BCUT2D eigenvalue weighted by Gasteiger charge is -2.28. The van der Waals surface area contributed by atoms with Gasteiger partial charge in [0.15, 0.2) is 5.76 Å². The Kier molecular flexibility index (Phi) is 5.04. The molecule has 0 saturated carbocycles. The lowest BCUT2D eigenvalue weighted by atomic mass is 10.0. The molecule has 0 radical (unpaired) electrons. The molecule has 0 spiro atoms. The van der Waals surface area contributed by atoms with Crippen LogP contribution in [0.3, 0.4) is 0 Å². The lowest BCUT2D eigenvalue weighted by Crippen LogP contribution is -2.46. The highest BCUT2D eigenvalue weighted by Crippen LogP contribution is 2.32. The summed E-state index contributed by atoms with van der Waals surface area (Å²) >= 11 is 3.43. The highest BCUT2D eigenvalue weighted by atomic mass is 79.9. The van der Waals surface area contributed by atoms with E-state index in [1.54, 1.807) is 19.1 Å². The van der Waals surface area contributed by atoms with Crippen molar-refractivity contribution in [3.05, 3.63) is 58.5 Å². The van der Waals surface area contributed by atoms with Crippen molar-refractivity contribution in [3.8, 4) is 0 Å². The number of rotatable bonds is 4. The van der Waals surface area contributed by atoms with Crippen LogP contribution >= 0.6 is 15.9 Å². The monoisotopic (exact) mass is 390 g/mol. The Labute approximate surface area is 149 Å². The third-order valence-corrected chi connectivity index (χ3v) is 4.78. The summed E-state index contributed by atoms with van der Waals surface area (Å²) in [4.78, 5) is 26.7. The predicted molar refractivity (Wildman–Crippen MR) is 93.5 cm³/mol. The molecule has 2 amide bonds. The molecular formula is C18H19BrN2O3. The number of hydrogen-bond acceptors (Lipinski definition) is 3. The summed E-state index contributed by atoms with van der Waals surface area (Å²) in [5, 5.41) is 2.71. The van der Waals surface area contributed by atoms with Gasteiger partial charge in [0, 0.05) is 11.0 Å². The minimum atomic E-state index is -0.598. The first kappa shape index (κ1) is 16.8. The molecule has 1 saturated heterocycles. The minimum absolute atomic E-state index is 0.0635. The summed E-state index contributed by atoms with van der Waals surface area (Å²) in [5.74, 6) is -0.235. The van der Waals surface area contributed by atoms with Gasteiger partial charge < -0.3 is 14.6 Å². The number of carbonyl (C=O) groups excluding carboxylic acids is 2. The van der Waals surface area contributed by atoms with Crippen LogP contribution in [0.4, 0.5) is 0 Å². The second-order valence-corrected chi connectivity index (χ2v) is 6.83. The summed E-state index contributed by atoms with van der Waals surface area (Å²) < 4.78 is 6.08. The van der Waals surface area contributed by atoms with Crippen molar-refractivity contribution >= 4 is 27.7 Å². The van der Waals surface area contributed by atoms with Crippen molar-refractivity contribution in [2.24, 2.45) is 0 Å². The van der Waals surface area contributed by atoms with Gasteiger partial charge in [-0.25, -0.2) is 0 Å². The Morgan fingerprint density at radius 3 is 2.71 bits per heavy atom. The summed E-state index contributed by atoms with van der Waals surface area (Å²) in [5.41, 5.74) is 1.12. The van der Waals surface area contributed by atoms with E-state index < -0.39 is 6.04 Å². The SMILES string of the molecule is C[C@H](NC(=O)c1ccco1)C(=O)N1CCC[C@@H]1c1ccc(Br)cc1. The number of carbonyl (C=O) groups is 2. The van der Waals surface area contributed by atoms with E-state index in [4.69, 9.17) is 4.42 Å². The number of nitrogens with zero attached hydrogens (tertiary/aromatic N) is 1. The van der Waals surface area contributed by atoms with Crippen LogP contribution in [0.25, 0.3) is 0 Å². The quantitative estimate of drug-likeness (QED) is 0.868. The molecule has 0 aliphatic carbocycles. The number of furan rings is 1. The third kappa shape index (κ3) is 3.53. The Bertz CT molecular complexity index is 712. The molecule has 2 aromatic rings. The number of hydrogen-bond donors (Lipinski definition) is 1. The molecule has 3 rings (SSSR count). The highest BCUT2D eigenvalue weighted by molar-refractivity contribution is 9.10. The van der Waals surface area contributed by atoms with E-state index in [2.05, 4.69) is 21.2 Å². The smallest absolute Gasteiger partial charge is 0.287 e. The predicted octanol–water partition coefficient (Wildman–Crippen LogP) is 3.52. The zero-order valence-electron chi connectivity index (χ0n) is 13.4. The molecular weight excluding hydrogens is 372 g/mol. The molecule has 1 N–H and O–H groups in total. The maximum atomic E-state index is 12.8. The van der Waals surface area contributed by atoms with E-state index in [1.165, 1.54) is 6.26 Å². The van der Waals surface area contributed by atoms with Crippen molar-refractivity contribution in [1.29, 1.82) is 0 Å². The van der Waals surface area contributed by atoms with Gasteiger partial charge in [-0.1, -0.05) is 28.1 Å². The normalized spacial score (nSPS) is 18.4. The molecule has 1 fully saturated rings. The Morgan fingerprint density at radius 2 is 2.04 bits per heavy atom. The molecule has 2 atom stereocenters. The molecule has 0 unspecified atom stereocenters. The molecule has 126 valence electrons. The molecule has 1 aromatic carbocycles. The first-order valence-electron chi connectivity index (χ1n) is 7.96.